The molecule has 0 radical (unpaired) electrons. The van der Waals surface area contributed by atoms with Crippen LogP contribution in [0.25, 0.3) is 0 Å². The molecule has 2 N–H and O–H groups in total. The van der Waals surface area contributed by atoms with Crippen molar-refractivity contribution in [2.45, 2.75) is 19.4 Å². The molecule has 5 nitrogen and oxygen atoms in total. The maximum Gasteiger partial charge on any atom is 0.284 e. The summed E-state index contributed by atoms with van der Waals surface area (Å²) < 4.78 is 5.77. The topological polar surface area (TPSA) is 61.8 Å². The zero-order chi connectivity index (χ0) is 17.1. The van der Waals surface area contributed by atoms with Crippen LogP contribution < -0.4 is 10.2 Å². The minimum Gasteiger partial charge on any atom is -0.492 e. The summed E-state index contributed by atoms with van der Waals surface area (Å²) in [5.74, 6) is 0.363. The first-order chi connectivity index (χ1) is 11.6. The fourth-order valence-electron chi connectivity index (χ4n) is 2.90. The molecule has 0 spiro atoms. The van der Waals surface area contributed by atoms with Crippen molar-refractivity contribution in [3.63, 3.8) is 0 Å². The average Bonchev–Trinajstić information content (AvgIpc) is 3.03. The molecule has 2 aromatic rings. The lowest BCUT2D eigenvalue weighted by atomic mass is 10.0. The lowest BCUT2D eigenvalue weighted by Crippen LogP contribution is -2.36. The van der Waals surface area contributed by atoms with Gasteiger partial charge in [-0.2, -0.15) is 0 Å². The summed E-state index contributed by atoms with van der Waals surface area (Å²) in [5, 5.41) is 9.48. The Bertz CT molecular complexity index is 717. The average molecular weight is 367 g/mol. The second-order valence-electron chi connectivity index (χ2n) is 5.71. The Morgan fingerprint density at radius 2 is 2.21 bits per heavy atom. The van der Waals surface area contributed by atoms with Gasteiger partial charge in [-0.1, -0.05) is 11.6 Å². The Morgan fingerprint density at radius 1 is 1.46 bits per heavy atom. The number of hydrogen-bond donors (Lipinski definition) is 2. The molecule has 1 aliphatic rings. The number of thiophene rings is 1. The highest BCUT2D eigenvalue weighted by Gasteiger charge is 2.27. The Hall–Kier alpha value is -1.60. The molecule has 0 bridgehead atoms. The summed E-state index contributed by atoms with van der Waals surface area (Å²) in [4.78, 5) is 15.7. The number of carbonyl (C=O) groups is 1. The monoisotopic (exact) mass is 366 g/mol. The second kappa shape index (κ2) is 7.53. The first-order valence-corrected chi connectivity index (χ1v) is 8.97. The third-order valence-corrected chi connectivity index (χ3v) is 5.82. The predicted octanol–water partition coefficient (Wildman–Crippen LogP) is 3.52. The molecule has 1 aromatic heterocycles. The highest BCUT2D eigenvalue weighted by atomic mass is 35.5. The number of nitrogens with zero attached hydrogens (tertiary/aromatic N) is 1. The molecule has 7 heteroatoms. The van der Waals surface area contributed by atoms with E-state index >= 15 is 0 Å². The van der Waals surface area contributed by atoms with Crippen molar-refractivity contribution < 1.29 is 14.7 Å². The smallest absolute Gasteiger partial charge is 0.284 e. The fourth-order valence-corrected chi connectivity index (χ4v) is 4.21. The van der Waals surface area contributed by atoms with Crippen LogP contribution in [-0.4, -0.2) is 35.7 Å². The molecule has 0 fully saturated rings. The minimum atomic E-state index is -0.445. The molecule has 1 aromatic carbocycles. The molecule has 128 valence electrons. The number of rotatable bonds is 5. The summed E-state index contributed by atoms with van der Waals surface area (Å²) in [6, 6.07) is 9.45. The van der Waals surface area contributed by atoms with Gasteiger partial charge < -0.3 is 4.74 Å². The van der Waals surface area contributed by atoms with E-state index in [0.717, 1.165) is 25.3 Å². The van der Waals surface area contributed by atoms with Crippen molar-refractivity contribution in [1.82, 2.24) is 10.4 Å². The number of benzene rings is 1. The Kier molecular flexibility index (Phi) is 5.40. The number of hydroxylamine groups is 1. The summed E-state index contributed by atoms with van der Waals surface area (Å²) in [6.07, 6.45) is 0.899. The summed E-state index contributed by atoms with van der Waals surface area (Å²) >= 11 is 7.30. The van der Waals surface area contributed by atoms with Crippen LogP contribution in [0.1, 0.15) is 33.1 Å². The van der Waals surface area contributed by atoms with Gasteiger partial charge in [-0.25, -0.2) is 5.48 Å². The van der Waals surface area contributed by atoms with Gasteiger partial charge in [0.25, 0.3) is 5.91 Å². The minimum absolute atomic E-state index is 0.229. The number of halogens is 1. The van der Waals surface area contributed by atoms with E-state index in [1.54, 1.807) is 5.48 Å². The number of amides is 1. The standard InChI is InChI=1S/C17H19ClN2O3S/c1-11-16-12(10-15(24-16)17(21)19-22)6-7-20(11)8-9-23-14-4-2-13(18)3-5-14/h2-5,10-11,22H,6-9H2,1H3,(H,19,21). The van der Waals surface area contributed by atoms with E-state index in [2.05, 4.69) is 11.8 Å². The Labute approximate surface area is 149 Å². The maximum absolute atomic E-state index is 11.6. The van der Waals surface area contributed by atoms with E-state index < -0.39 is 5.91 Å². The van der Waals surface area contributed by atoms with Crippen LogP contribution in [-0.2, 0) is 6.42 Å². The van der Waals surface area contributed by atoms with Gasteiger partial charge in [-0.05, 0) is 49.2 Å². The Balaban J connectivity index is 1.59. The molecule has 0 saturated carbocycles. The number of carbonyl (C=O) groups excluding carboxylic acids is 1. The van der Waals surface area contributed by atoms with Crippen LogP contribution in [0, 0.1) is 0 Å². The third-order valence-electron chi connectivity index (χ3n) is 4.22. The number of ether oxygens (including phenoxy) is 1. The maximum atomic E-state index is 11.6. The third kappa shape index (κ3) is 3.72. The highest BCUT2D eigenvalue weighted by Crippen LogP contribution is 2.35. The SMILES string of the molecule is CC1c2sc(C(=O)NO)cc2CCN1CCOc1ccc(Cl)cc1. The van der Waals surface area contributed by atoms with E-state index in [4.69, 9.17) is 21.5 Å². The number of hydrogen-bond acceptors (Lipinski definition) is 5. The van der Waals surface area contributed by atoms with Gasteiger partial charge in [-0.15, -0.1) is 11.3 Å². The van der Waals surface area contributed by atoms with E-state index in [-0.39, 0.29) is 6.04 Å². The molecule has 2 heterocycles. The van der Waals surface area contributed by atoms with Gasteiger partial charge in [0.2, 0.25) is 0 Å². The molecule has 1 amide bonds. The van der Waals surface area contributed by atoms with Crippen LogP contribution in [0.15, 0.2) is 30.3 Å². The quantitative estimate of drug-likeness (QED) is 0.627. The van der Waals surface area contributed by atoms with Crippen LogP contribution in [0.3, 0.4) is 0 Å². The lowest BCUT2D eigenvalue weighted by molar-refractivity contribution is 0.0711. The molecular weight excluding hydrogens is 348 g/mol. The van der Waals surface area contributed by atoms with Crippen LogP contribution in [0.2, 0.25) is 5.02 Å². The van der Waals surface area contributed by atoms with Gasteiger partial charge >= 0.3 is 0 Å². The van der Waals surface area contributed by atoms with Crippen molar-refractivity contribution in [3.8, 4) is 5.75 Å². The fraction of sp³-hybridized carbons (Fsp3) is 0.353. The zero-order valence-electron chi connectivity index (χ0n) is 13.3. The normalized spacial score (nSPS) is 17.4. The summed E-state index contributed by atoms with van der Waals surface area (Å²) in [5.41, 5.74) is 2.90. The molecule has 1 aliphatic heterocycles. The van der Waals surface area contributed by atoms with Crippen molar-refractivity contribution in [3.05, 3.63) is 50.7 Å². The molecule has 1 unspecified atom stereocenters. The first-order valence-electron chi connectivity index (χ1n) is 7.78. The molecular formula is C17H19ClN2O3S. The van der Waals surface area contributed by atoms with Crippen LogP contribution in [0.4, 0.5) is 0 Å². The number of nitrogens with one attached hydrogen (secondary N) is 1. The van der Waals surface area contributed by atoms with E-state index in [1.165, 1.54) is 21.8 Å². The van der Waals surface area contributed by atoms with Crippen LogP contribution in [0.5, 0.6) is 5.75 Å². The Morgan fingerprint density at radius 3 is 2.92 bits per heavy atom. The first kappa shape index (κ1) is 17.2. The number of fused-ring (bicyclic) bond motifs is 1. The molecule has 0 aliphatic carbocycles. The molecule has 3 rings (SSSR count). The van der Waals surface area contributed by atoms with Crippen molar-refractivity contribution >= 4 is 28.8 Å². The van der Waals surface area contributed by atoms with Crippen LogP contribution >= 0.6 is 22.9 Å². The second-order valence-corrected chi connectivity index (χ2v) is 7.23. The van der Waals surface area contributed by atoms with Gasteiger partial charge in [0.1, 0.15) is 12.4 Å². The summed E-state index contributed by atoms with van der Waals surface area (Å²) in [7, 11) is 0. The van der Waals surface area contributed by atoms with E-state index in [0.29, 0.717) is 16.5 Å². The molecule has 1 atom stereocenters. The van der Waals surface area contributed by atoms with Gasteiger partial charge in [0, 0.05) is 29.0 Å². The lowest BCUT2D eigenvalue weighted by Gasteiger charge is -2.33. The van der Waals surface area contributed by atoms with Crippen molar-refractivity contribution in [1.29, 1.82) is 0 Å². The van der Waals surface area contributed by atoms with Gasteiger partial charge in [0.05, 0.1) is 4.88 Å². The van der Waals surface area contributed by atoms with Gasteiger partial charge in [0.15, 0.2) is 0 Å². The molecule has 24 heavy (non-hydrogen) atoms. The highest BCUT2D eigenvalue weighted by molar-refractivity contribution is 7.14. The van der Waals surface area contributed by atoms with E-state index in [1.807, 2.05) is 30.3 Å². The molecule has 0 saturated heterocycles. The summed E-state index contributed by atoms with van der Waals surface area (Å²) in [6.45, 7) is 4.46. The zero-order valence-corrected chi connectivity index (χ0v) is 14.9. The van der Waals surface area contributed by atoms with Crippen molar-refractivity contribution in [2.75, 3.05) is 19.7 Å². The van der Waals surface area contributed by atoms with Crippen molar-refractivity contribution in [2.24, 2.45) is 0 Å². The largest absolute Gasteiger partial charge is 0.492 e. The van der Waals surface area contributed by atoms with Gasteiger partial charge in [-0.3, -0.25) is 14.9 Å². The predicted molar refractivity (Wildman–Crippen MR) is 94.2 cm³/mol. The van der Waals surface area contributed by atoms with E-state index in [9.17, 15) is 4.79 Å².